The largest absolute Gasteiger partial charge is 0.473 e. The molecule has 1 unspecified atom stereocenters. The number of anilines is 1. The molecule has 2 aliphatic heterocycles. The molecule has 4 heterocycles. The lowest BCUT2D eigenvalue weighted by Gasteiger charge is -2.15. The van der Waals surface area contributed by atoms with Crippen molar-refractivity contribution in [3.8, 4) is 17.4 Å². The van der Waals surface area contributed by atoms with Crippen molar-refractivity contribution in [2.45, 2.75) is 32.7 Å². The third-order valence-electron chi connectivity index (χ3n) is 5.23. The molecule has 5 rings (SSSR count). The Hall–Kier alpha value is -3.47. The summed E-state index contributed by atoms with van der Waals surface area (Å²) in [6, 6.07) is 3.97. The van der Waals surface area contributed by atoms with Crippen molar-refractivity contribution in [1.82, 2.24) is 19.3 Å². The van der Waals surface area contributed by atoms with Gasteiger partial charge in [-0.25, -0.2) is 13.6 Å². The van der Waals surface area contributed by atoms with Gasteiger partial charge in [0.15, 0.2) is 23.1 Å². The highest BCUT2D eigenvalue weighted by atomic mass is 19.1. The van der Waals surface area contributed by atoms with E-state index in [2.05, 4.69) is 10.1 Å². The van der Waals surface area contributed by atoms with Gasteiger partial charge in [-0.05, 0) is 24.6 Å². The summed E-state index contributed by atoms with van der Waals surface area (Å²) in [4.78, 5) is 18.2. The first-order valence-electron chi connectivity index (χ1n) is 9.79. The van der Waals surface area contributed by atoms with E-state index in [1.54, 1.807) is 21.5 Å². The molecule has 0 N–H and O–H groups in total. The number of rotatable bonds is 6. The molecule has 1 atom stereocenters. The smallest absolute Gasteiger partial charge is 0.352 e. The minimum Gasteiger partial charge on any atom is -0.473 e. The van der Waals surface area contributed by atoms with Crippen molar-refractivity contribution >= 4 is 5.82 Å². The third-order valence-corrected chi connectivity index (χ3v) is 5.23. The Morgan fingerprint density at radius 2 is 2.06 bits per heavy atom. The zero-order valence-corrected chi connectivity index (χ0v) is 16.6. The van der Waals surface area contributed by atoms with Crippen LogP contribution in [0.3, 0.4) is 0 Å². The van der Waals surface area contributed by atoms with Gasteiger partial charge >= 0.3 is 5.69 Å². The van der Waals surface area contributed by atoms with Gasteiger partial charge in [0.25, 0.3) is 0 Å². The van der Waals surface area contributed by atoms with Crippen LogP contribution in [0.1, 0.15) is 12.5 Å². The van der Waals surface area contributed by atoms with E-state index in [1.165, 1.54) is 6.20 Å². The number of aromatic nitrogens is 4. The number of nitrogens with zero attached hydrogens (tertiary/aromatic N) is 5. The molecule has 0 amide bonds. The van der Waals surface area contributed by atoms with Crippen molar-refractivity contribution in [3.05, 3.63) is 58.3 Å². The summed E-state index contributed by atoms with van der Waals surface area (Å²) in [5.41, 5.74) is -0.202. The predicted molar refractivity (Wildman–Crippen MR) is 104 cm³/mol. The number of aryl methyl sites for hydroxylation is 1. The van der Waals surface area contributed by atoms with Crippen molar-refractivity contribution in [2.24, 2.45) is 0 Å². The molecule has 2 aromatic heterocycles. The summed E-state index contributed by atoms with van der Waals surface area (Å²) in [7, 11) is 0. The predicted octanol–water partition coefficient (Wildman–Crippen LogP) is 2.29. The number of halogens is 2. The van der Waals surface area contributed by atoms with Crippen LogP contribution in [0.25, 0.3) is 0 Å². The van der Waals surface area contributed by atoms with Gasteiger partial charge < -0.3 is 19.1 Å². The number of hydrogen-bond donors (Lipinski definition) is 0. The van der Waals surface area contributed by atoms with E-state index in [0.29, 0.717) is 32.2 Å². The Morgan fingerprint density at radius 1 is 1.26 bits per heavy atom. The van der Waals surface area contributed by atoms with E-state index in [0.717, 1.165) is 12.1 Å². The third kappa shape index (κ3) is 3.61. The fraction of sp³-hybridized carbons (Fsp3) is 0.350. The SMILES string of the molecule is CCn1cc(Oc2c(F)cc(COc3cc4n(c(=O)n3)CC3COCN43)cc2F)cn1. The van der Waals surface area contributed by atoms with E-state index < -0.39 is 23.1 Å². The Kier molecular flexibility index (Phi) is 4.81. The molecule has 1 fully saturated rings. The second-order valence-electron chi connectivity index (χ2n) is 7.28. The molecule has 0 bridgehead atoms. The van der Waals surface area contributed by atoms with E-state index in [-0.39, 0.29) is 29.8 Å². The summed E-state index contributed by atoms with van der Waals surface area (Å²) < 4.78 is 48.3. The van der Waals surface area contributed by atoms with Crippen LogP contribution >= 0.6 is 0 Å². The average Bonchev–Trinajstić information content (AvgIpc) is 3.46. The minimum atomic E-state index is -0.873. The van der Waals surface area contributed by atoms with Crippen molar-refractivity contribution in [1.29, 1.82) is 0 Å². The van der Waals surface area contributed by atoms with E-state index >= 15 is 0 Å². The van der Waals surface area contributed by atoms with Crippen LogP contribution < -0.4 is 20.1 Å². The molecule has 2 aliphatic rings. The van der Waals surface area contributed by atoms with E-state index in [4.69, 9.17) is 14.2 Å². The molecule has 31 heavy (non-hydrogen) atoms. The fourth-order valence-corrected chi connectivity index (χ4v) is 3.69. The molecule has 0 aliphatic carbocycles. The molecule has 11 heteroatoms. The lowest BCUT2D eigenvalue weighted by atomic mass is 10.2. The zero-order chi connectivity index (χ0) is 21.5. The molecular formula is C20H19F2N5O4. The van der Waals surface area contributed by atoms with Crippen LogP contribution in [-0.2, 0) is 24.4 Å². The minimum absolute atomic E-state index is 0.0805. The molecule has 1 saturated heterocycles. The Labute approximate surface area is 175 Å². The molecule has 162 valence electrons. The average molecular weight is 431 g/mol. The standard InChI is InChI=1S/C20H19F2N5O4/c1-2-25-8-14(6-23-25)31-19-15(21)3-12(4-16(19)22)9-30-17-5-18-26(20(28)24-17)7-13-10-29-11-27(13)18/h3-6,8,13H,2,7,9-11H2,1H3. The monoisotopic (exact) mass is 431 g/mol. The topological polar surface area (TPSA) is 83.6 Å². The highest BCUT2D eigenvalue weighted by molar-refractivity contribution is 5.47. The van der Waals surface area contributed by atoms with Crippen LogP contribution in [0.4, 0.5) is 14.6 Å². The Morgan fingerprint density at radius 3 is 2.81 bits per heavy atom. The molecular weight excluding hydrogens is 412 g/mol. The first-order chi connectivity index (χ1) is 15.0. The summed E-state index contributed by atoms with van der Waals surface area (Å²) in [5, 5.41) is 4.00. The summed E-state index contributed by atoms with van der Waals surface area (Å²) >= 11 is 0. The highest BCUT2D eigenvalue weighted by Crippen LogP contribution is 2.31. The molecule has 1 aromatic carbocycles. The molecule has 3 aromatic rings. The van der Waals surface area contributed by atoms with Crippen molar-refractivity contribution < 1.29 is 23.0 Å². The fourth-order valence-electron chi connectivity index (χ4n) is 3.69. The van der Waals surface area contributed by atoms with Gasteiger partial charge in [-0.15, -0.1) is 0 Å². The van der Waals surface area contributed by atoms with Gasteiger partial charge in [0, 0.05) is 12.6 Å². The van der Waals surface area contributed by atoms with Crippen LogP contribution in [0.2, 0.25) is 0 Å². The first kappa shape index (κ1) is 19.5. The van der Waals surface area contributed by atoms with Gasteiger partial charge in [0.2, 0.25) is 5.88 Å². The second-order valence-corrected chi connectivity index (χ2v) is 7.28. The lowest BCUT2D eigenvalue weighted by molar-refractivity contribution is 0.189. The van der Waals surface area contributed by atoms with E-state index in [1.807, 2.05) is 11.8 Å². The summed E-state index contributed by atoms with van der Waals surface area (Å²) in [5.74, 6) is -1.30. The van der Waals surface area contributed by atoms with Crippen LogP contribution in [-0.4, -0.2) is 38.7 Å². The molecule has 0 saturated carbocycles. The van der Waals surface area contributed by atoms with Crippen molar-refractivity contribution in [2.75, 3.05) is 18.2 Å². The summed E-state index contributed by atoms with van der Waals surface area (Å²) in [6.45, 7) is 3.77. The van der Waals surface area contributed by atoms with Gasteiger partial charge in [-0.1, -0.05) is 0 Å². The van der Waals surface area contributed by atoms with E-state index in [9.17, 15) is 13.6 Å². The number of ether oxygens (including phenoxy) is 3. The quantitative estimate of drug-likeness (QED) is 0.592. The normalized spacial score (nSPS) is 17.0. The Balaban J connectivity index is 1.32. The number of hydrogen-bond acceptors (Lipinski definition) is 7. The highest BCUT2D eigenvalue weighted by Gasteiger charge is 2.35. The second kappa shape index (κ2) is 7.65. The van der Waals surface area contributed by atoms with Crippen LogP contribution in [0.5, 0.6) is 17.4 Å². The maximum Gasteiger partial charge on any atom is 0.352 e. The maximum atomic E-state index is 14.5. The van der Waals surface area contributed by atoms with Gasteiger partial charge in [-0.2, -0.15) is 10.1 Å². The number of fused-ring (bicyclic) bond motifs is 3. The molecule has 0 spiro atoms. The molecule has 9 nitrogen and oxygen atoms in total. The zero-order valence-electron chi connectivity index (χ0n) is 16.6. The summed E-state index contributed by atoms with van der Waals surface area (Å²) in [6.07, 6.45) is 2.93. The lowest BCUT2D eigenvalue weighted by Crippen LogP contribution is -2.26. The number of benzene rings is 1. The first-order valence-corrected chi connectivity index (χ1v) is 9.79. The van der Waals surface area contributed by atoms with Crippen molar-refractivity contribution in [3.63, 3.8) is 0 Å². The van der Waals surface area contributed by atoms with Gasteiger partial charge in [-0.3, -0.25) is 9.25 Å². The molecule has 0 radical (unpaired) electrons. The van der Waals surface area contributed by atoms with Gasteiger partial charge in [0.1, 0.15) is 19.2 Å². The maximum absolute atomic E-state index is 14.5. The Bertz CT molecular complexity index is 1170. The van der Waals surface area contributed by atoms with Gasteiger partial charge in [0.05, 0.1) is 31.6 Å². The van der Waals surface area contributed by atoms with Crippen LogP contribution in [0, 0.1) is 11.6 Å². The van der Waals surface area contributed by atoms with Crippen LogP contribution in [0.15, 0.2) is 35.4 Å².